The molecule has 6 nitrogen and oxygen atoms in total. The fraction of sp³-hybridized carbons (Fsp3) is 0.364. The first-order valence-corrected chi connectivity index (χ1v) is 5.50. The predicted molar refractivity (Wildman–Crippen MR) is 66.3 cm³/mol. The van der Waals surface area contributed by atoms with Gasteiger partial charge >= 0.3 is 0 Å². The minimum Gasteiger partial charge on any atom is -0.366 e. The van der Waals surface area contributed by atoms with Crippen LogP contribution < -0.4 is 5.32 Å². The quantitative estimate of drug-likeness (QED) is 0.883. The molecule has 18 heavy (non-hydrogen) atoms. The lowest BCUT2D eigenvalue weighted by atomic mass is 10.2. The lowest BCUT2D eigenvalue weighted by Gasteiger charge is -2.19. The summed E-state index contributed by atoms with van der Waals surface area (Å²) in [4.78, 5) is 8.28. The normalized spacial score (nSPS) is 19.2. The molecule has 1 aliphatic heterocycles. The molecule has 3 heterocycles. The van der Waals surface area contributed by atoms with Crippen LogP contribution in [0.1, 0.15) is 12.0 Å². The molecule has 0 unspecified atom stereocenters. The molecule has 1 fully saturated rings. The van der Waals surface area contributed by atoms with Crippen molar-refractivity contribution in [3.63, 3.8) is 0 Å². The van der Waals surface area contributed by atoms with Crippen molar-refractivity contribution in [3.05, 3.63) is 30.4 Å². The molecular formula is C11H13ClN4O2. The number of morpholine rings is 1. The number of pyridine rings is 1. The number of halogens is 1. The number of hydrogen-bond donors (Lipinski definition) is 1. The number of aromatic nitrogens is 3. The standard InChI is InChI=1S/C11H12N4O2.ClH/c1-3-12-4-2-8(1)10-14-11(17-15-10)9-7-13-5-6-16-9;/h1-4,9,13H,5-7H2;1H/t9-;/m1./s1. The molecule has 0 spiro atoms. The monoisotopic (exact) mass is 268 g/mol. The average Bonchev–Trinajstić information content (AvgIpc) is 2.90. The van der Waals surface area contributed by atoms with E-state index in [-0.39, 0.29) is 18.5 Å². The van der Waals surface area contributed by atoms with Crippen LogP contribution in [-0.2, 0) is 4.74 Å². The molecular weight excluding hydrogens is 256 g/mol. The van der Waals surface area contributed by atoms with Gasteiger partial charge in [-0.2, -0.15) is 4.98 Å². The smallest absolute Gasteiger partial charge is 0.257 e. The van der Waals surface area contributed by atoms with E-state index in [2.05, 4.69) is 20.4 Å². The summed E-state index contributed by atoms with van der Waals surface area (Å²) >= 11 is 0. The Labute approximate surface area is 110 Å². The van der Waals surface area contributed by atoms with Crippen LogP contribution in [-0.4, -0.2) is 34.8 Å². The predicted octanol–water partition coefficient (Wildman–Crippen LogP) is 1.21. The number of ether oxygens (including phenoxy) is 1. The van der Waals surface area contributed by atoms with E-state index < -0.39 is 0 Å². The first-order valence-electron chi connectivity index (χ1n) is 5.50. The molecule has 1 aliphatic rings. The summed E-state index contributed by atoms with van der Waals surface area (Å²) in [7, 11) is 0. The Morgan fingerprint density at radius 3 is 2.83 bits per heavy atom. The van der Waals surface area contributed by atoms with Gasteiger partial charge in [0.15, 0.2) is 0 Å². The second-order valence-corrected chi connectivity index (χ2v) is 3.76. The summed E-state index contributed by atoms with van der Waals surface area (Å²) in [5, 5.41) is 7.16. The van der Waals surface area contributed by atoms with Gasteiger partial charge < -0.3 is 14.6 Å². The third-order valence-corrected chi connectivity index (χ3v) is 2.58. The molecule has 0 amide bonds. The van der Waals surface area contributed by atoms with Crippen molar-refractivity contribution in [1.82, 2.24) is 20.4 Å². The Morgan fingerprint density at radius 2 is 2.11 bits per heavy atom. The minimum atomic E-state index is -0.146. The summed E-state index contributed by atoms with van der Waals surface area (Å²) in [6.07, 6.45) is 3.25. The molecule has 0 bridgehead atoms. The molecule has 2 aromatic heterocycles. The molecule has 0 aliphatic carbocycles. The highest BCUT2D eigenvalue weighted by molar-refractivity contribution is 5.85. The highest BCUT2D eigenvalue weighted by atomic mass is 35.5. The summed E-state index contributed by atoms with van der Waals surface area (Å²) in [6.45, 7) is 2.23. The fourth-order valence-corrected chi connectivity index (χ4v) is 1.71. The third-order valence-electron chi connectivity index (χ3n) is 2.58. The van der Waals surface area contributed by atoms with Crippen LogP contribution >= 0.6 is 12.4 Å². The average molecular weight is 269 g/mol. The van der Waals surface area contributed by atoms with Crippen LogP contribution in [0.15, 0.2) is 29.0 Å². The van der Waals surface area contributed by atoms with Crippen LogP contribution in [0, 0.1) is 0 Å². The fourth-order valence-electron chi connectivity index (χ4n) is 1.71. The van der Waals surface area contributed by atoms with Gasteiger partial charge in [-0.15, -0.1) is 12.4 Å². The maximum atomic E-state index is 5.54. The maximum absolute atomic E-state index is 5.54. The molecule has 1 N–H and O–H groups in total. The van der Waals surface area contributed by atoms with Crippen LogP contribution in [0.5, 0.6) is 0 Å². The van der Waals surface area contributed by atoms with Crippen LogP contribution in [0.25, 0.3) is 11.4 Å². The zero-order valence-electron chi connectivity index (χ0n) is 9.57. The van der Waals surface area contributed by atoms with Crippen LogP contribution in [0.2, 0.25) is 0 Å². The Kier molecular flexibility index (Phi) is 4.24. The van der Waals surface area contributed by atoms with Crippen molar-refractivity contribution in [1.29, 1.82) is 0 Å². The second-order valence-electron chi connectivity index (χ2n) is 3.76. The van der Waals surface area contributed by atoms with Crippen molar-refractivity contribution in [2.24, 2.45) is 0 Å². The minimum absolute atomic E-state index is 0. The van der Waals surface area contributed by atoms with Gasteiger partial charge in [-0.05, 0) is 12.1 Å². The number of rotatable bonds is 2. The van der Waals surface area contributed by atoms with Gasteiger partial charge in [0.25, 0.3) is 5.89 Å². The molecule has 7 heteroatoms. The van der Waals surface area contributed by atoms with E-state index in [0.29, 0.717) is 24.9 Å². The first-order chi connectivity index (χ1) is 8.43. The summed E-state index contributed by atoms with van der Waals surface area (Å²) in [5.74, 6) is 1.08. The molecule has 96 valence electrons. The summed E-state index contributed by atoms with van der Waals surface area (Å²) in [5.41, 5.74) is 0.888. The third kappa shape index (κ3) is 2.66. The van der Waals surface area contributed by atoms with E-state index in [9.17, 15) is 0 Å². The Morgan fingerprint density at radius 1 is 1.28 bits per heavy atom. The SMILES string of the molecule is Cl.c1cc(-c2noc([C@H]3CNCCO3)n2)ccn1. The van der Waals surface area contributed by atoms with E-state index in [0.717, 1.165) is 12.1 Å². The molecule has 1 saturated heterocycles. The Hall–Kier alpha value is -1.50. The van der Waals surface area contributed by atoms with Crippen LogP contribution in [0.3, 0.4) is 0 Å². The zero-order valence-corrected chi connectivity index (χ0v) is 10.4. The second kappa shape index (κ2) is 5.90. The lowest BCUT2D eigenvalue weighted by molar-refractivity contribution is 0.00755. The van der Waals surface area contributed by atoms with E-state index in [1.165, 1.54) is 0 Å². The van der Waals surface area contributed by atoms with Crippen molar-refractivity contribution >= 4 is 12.4 Å². The van der Waals surface area contributed by atoms with Gasteiger partial charge in [0.2, 0.25) is 5.82 Å². The van der Waals surface area contributed by atoms with E-state index in [1.807, 2.05) is 12.1 Å². The van der Waals surface area contributed by atoms with Crippen molar-refractivity contribution < 1.29 is 9.26 Å². The highest BCUT2D eigenvalue weighted by Crippen LogP contribution is 2.20. The van der Waals surface area contributed by atoms with Gasteiger partial charge in [0, 0.05) is 31.0 Å². The molecule has 0 aromatic carbocycles. The molecule has 1 atom stereocenters. The zero-order chi connectivity index (χ0) is 11.5. The van der Waals surface area contributed by atoms with E-state index in [4.69, 9.17) is 9.26 Å². The van der Waals surface area contributed by atoms with Gasteiger partial charge in [-0.25, -0.2) is 0 Å². The van der Waals surface area contributed by atoms with E-state index in [1.54, 1.807) is 12.4 Å². The lowest BCUT2D eigenvalue weighted by Crippen LogP contribution is -2.33. The molecule has 0 saturated carbocycles. The van der Waals surface area contributed by atoms with E-state index >= 15 is 0 Å². The van der Waals surface area contributed by atoms with Gasteiger partial charge in [-0.3, -0.25) is 4.98 Å². The topological polar surface area (TPSA) is 73.1 Å². The highest BCUT2D eigenvalue weighted by Gasteiger charge is 2.22. The van der Waals surface area contributed by atoms with Crippen molar-refractivity contribution in [2.45, 2.75) is 6.10 Å². The Balaban J connectivity index is 0.00000120. The van der Waals surface area contributed by atoms with Gasteiger partial charge in [0.1, 0.15) is 6.10 Å². The van der Waals surface area contributed by atoms with Crippen molar-refractivity contribution in [2.75, 3.05) is 19.7 Å². The largest absolute Gasteiger partial charge is 0.366 e. The Bertz CT molecular complexity index is 485. The summed E-state index contributed by atoms with van der Waals surface area (Å²) < 4.78 is 10.8. The number of hydrogen-bond acceptors (Lipinski definition) is 6. The maximum Gasteiger partial charge on any atom is 0.257 e. The van der Waals surface area contributed by atoms with Crippen molar-refractivity contribution in [3.8, 4) is 11.4 Å². The first kappa shape index (κ1) is 12.9. The number of nitrogens with zero attached hydrogens (tertiary/aromatic N) is 3. The van der Waals surface area contributed by atoms with Gasteiger partial charge in [-0.1, -0.05) is 5.16 Å². The molecule has 0 radical (unpaired) electrons. The van der Waals surface area contributed by atoms with Crippen LogP contribution in [0.4, 0.5) is 0 Å². The van der Waals surface area contributed by atoms with Gasteiger partial charge in [0.05, 0.1) is 6.61 Å². The molecule has 2 aromatic rings. The molecule has 3 rings (SSSR count). The number of nitrogens with one attached hydrogen (secondary N) is 1. The summed E-state index contributed by atoms with van der Waals surface area (Å²) in [6, 6.07) is 3.68.